The van der Waals surface area contributed by atoms with E-state index in [1.165, 1.54) is 62.8 Å². The first kappa shape index (κ1) is 18.6. The van der Waals surface area contributed by atoms with Crippen LogP contribution in [0.2, 0.25) is 0 Å². The Kier molecular flexibility index (Phi) is 8.92. The monoisotopic (exact) mass is 423 g/mol. The van der Waals surface area contributed by atoms with Gasteiger partial charge in [0.05, 0.1) is 0 Å². The molecule has 1 rings (SSSR count). The molecule has 1 heterocycles. The fourth-order valence-corrected chi connectivity index (χ4v) is 4.56. The van der Waals surface area contributed by atoms with Crippen molar-refractivity contribution in [3.63, 3.8) is 0 Å². The quantitative estimate of drug-likeness (QED) is 0.354. The Bertz CT molecular complexity index is 372. The Morgan fingerprint density at radius 1 is 0.950 bits per heavy atom. The van der Waals surface area contributed by atoms with Crippen LogP contribution in [-0.2, 0) is 5.41 Å². The molecule has 1 aromatic heterocycles. The molecule has 0 aliphatic carbocycles. The van der Waals surface area contributed by atoms with Crippen molar-refractivity contribution in [1.82, 2.24) is 4.98 Å². The number of halogens is 2. The van der Waals surface area contributed by atoms with Gasteiger partial charge in [-0.25, -0.2) is 4.98 Å². The summed E-state index contributed by atoms with van der Waals surface area (Å²) < 4.78 is 2.09. The Labute approximate surface area is 145 Å². The van der Waals surface area contributed by atoms with Crippen molar-refractivity contribution in [2.75, 3.05) is 0 Å². The van der Waals surface area contributed by atoms with Crippen LogP contribution < -0.4 is 0 Å². The summed E-state index contributed by atoms with van der Waals surface area (Å²) >= 11 is 8.93. The number of hydrogen-bond acceptors (Lipinski definition) is 2. The molecule has 1 unspecified atom stereocenters. The molecule has 4 heteroatoms. The molecule has 0 fully saturated rings. The molecule has 0 radical (unpaired) electrons. The second kappa shape index (κ2) is 9.58. The Morgan fingerprint density at radius 2 is 1.50 bits per heavy atom. The van der Waals surface area contributed by atoms with Gasteiger partial charge < -0.3 is 0 Å². The summed E-state index contributed by atoms with van der Waals surface area (Å²) in [5.74, 6) is 0. The standard InChI is InChI=1S/C16H27Br2NS/c1-4-6-8-10-12-16(3,11-9-7-5-2)15-19-13(17)14(18)20-15/h4-12H2,1-3H3. The fourth-order valence-electron chi connectivity index (χ4n) is 2.59. The van der Waals surface area contributed by atoms with Crippen LogP contribution in [0.4, 0.5) is 0 Å². The van der Waals surface area contributed by atoms with Gasteiger partial charge in [0.2, 0.25) is 0 Å². The first-order chi connectivity index (χ1) is 9.53. The van der Waals surface area contributed by atoms with E-state index in [1.807, 2.05) is 0 Å². The van der Waals surface area contributed by atoms with E-state index in [1.54, 1.807) is 11.3 Å². The molecule has 116 valence electrons. The minimum absolute atomic E-state index is 0.252. The fraction of sp³-hybridized carbons (Fsp3) is 0.812. The number of aromatic nitrogens is 1. The summed E-state index contributed by atoms with van der Waals surface area (Å²) in [4.78, 5) is 4.75. The summed E-state index contributed by atoms with van der Waals surface area (Å²) in [6.45, 7) is 6.96. The average molecular weight is 425 g/mol. The van der Waals surface area contributed by atoms with Crippen molar-refractivity contribution in [3.8, 4) is 0 Å². The van der Waals surface area contributed by atoms with Gasteiger partial charge in [0.1, 0.15) is 13.4 Å². The van der Waals surface area contributed by atoms with Gasteiger partial charge in [-0.2, -0.15) is 0 Å². The van der Waals surface area contributed by atoms with Gasteiger partial charge in [0.15, 0.2) is 0 Å². The summed E-state index contributed by atoms with van der Waals surface area (Å²) in [7, 11) is 0. The minimum atomic E-state index is 0.252. The van der Waals surface area contributed by atoms with Gasteiger partial charge >= 0.3 is 0 Å². The highest BCUT2D eigenvalue weighted by Gasteiger charge is 2.29. The zero-order chi connectivity index (χ0) is 15.0. The molecule has 1 atom stereocenters. The van der Waals surface area contributed by atoms with E-state index in [4.69, 9.17) is 4.98 Å². The lowest BCUT2D eigenvalue weighted by Crippen LogP contribution is -2.22. The smallest absolute Gasteiger partial charge is 0.131 e. The van der Waals surface area contributed by atoms with Crippen molar-refractivity contribution in [2.24, 2.45) is 0 Å². The number of unbranched alkanes of at least 4 members (excludes halogenated alkanes) is 5. The molecule has 0 N–H and O–H groups in total. The van der Waals surface area contributed by atoms with Crippen LogP contribution >= 0.6 is 43.2 Å². The van der Waals surface area contributed by atoms with E-state index in [9.17, 15) is 0 Å². The Morgan fingerprint density at radius 3 is 2.00 bits per heavy atom. The maximum Gasteiger partial charge on any atom is 0.131 e. The molecule has 0 bridgehead atoms. The maximum atomic E-state index is 4.75. The van der Waals surface area contributed by atoms with E-state index < -0.39 is 0 Å². The summed E-state index contributed by atoms with van der Waals surface area (Å²) in [5.41, 5.74) is 0.252. The zero-order valence-electron chi connectivity index (χ0n) is 13.0. The predicted molar refractivity (Wildman–Crippen MR) is 97.8 cm³/mol. The molecule has 0 saturated carbocycles. The summed E-state index contributed by atoms with van der Waals surface area (Å²) in [6, 6.07) is 0. The highest BCUT2D eigenvalue weighted by molar-refractivity contribution is 9.13. The highest BCUT2D eigenvalue weighted by atomic mass is 79.9. The lowest BCUT2D eigenvalue weighted by Gasteiger charge is -2.27. The van der Waals surface area contributed by atoms with Gasteiger partial charge in [0.25, 0.3) is 0 Å². The van der Waals surface area contributed by atoms with Crippen molar-refractivity contribution < 1.29 is 0 Å². The second-order valence-corrected chi connectivity index (χ2v) is 8.98. The third kappa shape index (κ3) is 5.76. The molecule has 0 spiro atoms. The molecule has 0 amide bonds. The van der Waals surface area contributed by atoms with Crippen LogP contribution in [0.25, 0.3) is 0 Å². The second-order valence-electron chi connectivity index (χ2n) is 5.91. The van der Waals surface area contributed by atoms with Crippen LogP contribution in [0.15, 0.2) is 8.39 Å². The highest BCUT2D eigenvalue weighted by Crippen LogP contribution is 2.41. The van der Waals surface area contributed by atoms with Crippen molar-refractivity contribution in [2.45, 2.75) is 84.0 Å². The molecule has 20 heavy (non-hydrogen) atoms. The normalized spacial score (nSPS) is 14.4. The van der Waals surface area contributed by atoms with Gasteiger partial charge in [-0.15, -0.1) is 11.3 Å². The lowest BCUT2D eigenvalue weighted by atomic mass is 9.80. The molecule has 0 aliphatic rings. The first-order valence-electron chi connectivity index (χ1n) is 7.85. The number of rotatable bonds is 10. The van der Waals surface area contributed by atoms with Crippen LogP contribution in [0.1, 0.15) is 83.6 Å². The Hall–Kier alpha value is 0.590. The summed E-state index contributed by atoms with van der Waals surface area (Å²) in [5, 5.41) is 1.30. The van der Waals surface area contributed by atoms with Gasteiger partial charge in [0, 0.05) is 5.41 Å². The maximum absolute atomic E-state index is 4.75. The van der Waals surface area contributed by atoms with Gasteiger partial charge in [-0.3, -0.25) is 0 Å². The molecular formula is C16H27Br2NS. The zero-order valence-corrected chi connectivity index (χ0v) is 17.0. The van der Waals surface area contributed by atoms with Crippen LogP contribution in [0, 0.1) is 0 Å². The van der Waals surface area contributed by atoms with Crippen LogP contribution in [0.3, 0.4) is 0 Å². The average Bonchev–Trinajstić information content (AvgIpc) is 2.76. The van der Waals surface area contributed by atoms with E-state index in [0.717, 1.165) is 8.39 Å². The third-order valence-electron chi connectivity index (χ3n) is 3.98. The lowest BCUT2D eigenvalue weighted by molar-refractivity contribution is 0.364. The molecule has 0 saturated heterocycles. The topological polar surface area (TPSA) is 12.9 Å². The molecule has 0 aromatic carbocycles. The SMILES string of the molecule is CCCCCCC(C)(CCCCC)c1nc(Br)c(Br)s1. The molecule has 0 aliphatic heterocycles. The van der Waals surface area contributed by atoms with Crippen LogP contribution in [0.5, 0.6) is 0 Å². The first-order valence-corrected chi connectivity index (χ1v) is 10.3. The Balaban J connectivity index is 2.71. The largest absolute Gasteiger partial charge is 0.232 e. The van der Waals surface area contributed by atoms with Crippen molar-refractivity contribution in [1.29, 1.82) is 0 Å². The number of hydrogen-bond donors (Lipinski definition) is 0. The van der Waals surface area contributed by atoms with E-state index in [0.29, 0.717) is 0 Å². The van der Waals surface area contributed by atoms with Gasteiger partial charge in [-0.05, 0) is 44.7 Å². The minimum Gasteiger partial charge on any atom is -0.232 e. The van der Waals surface area contributed by atoms with Crippen molar-refractivity contribution >= 4 is 43.2 Å². The van der Waals surface area contributed by atoms with Crippen molar-refractivity contribution in [3.05, 3.63) is 13.4 Å². The third-order valence-corrected chi connectivity index (χ3v) is 7.36. The predicted octanol–water partition coefficient (Wildman–Crippen LogP) is 7.48. The van der Waals surface area contributed by atoms with Crippen LogP contribution in [-0.4, -0.2) is 4.98 Å². The van der Waals surface area contributed by atoms with Gasteiger partial charge in [-0.1, -0.05) is 65.7 Å². The molecule has 1 aromatic rings. The van der Waals surface area contributed by atoms with E-state index >= 15 is 0 Å². The number of nitrogens with zero attached hydrogens (tertiary/aromatic N) is 1. The van der Waals surface area contributed by atoms with E-state index in [2.05, 4.69) is 52.6 Å². The van der Waals surface area contributed by atoms with E-state index in [-0.39, 0.29) is 5.41 Å². The molecule has 1 nitrogen and oxygen atoms in total. The number of thiazole rings is 1. The molecular weight excluding hydrogens is 398 g/mol. The summed E-state index contributed by atoms with van der Waals surface area (Å²) in [6.07, 6.45) is 11.8.